The van der Waals surface area contributed by atoms with Gasteiger partial charge in [-0.15, -0.1) is 53.6 Å². The van der Waals surface area contributed by atoms with Crippen LogP contribution in [0.15, 0.2) is 149 Å². The van der Waals surface area contributed by atoms with E-state index in [9.17, 15) is 5.26 Å². The Labute approximate surface area is 378 Å². The molecule has 0 N–H and O–H groups in total. The average molecular weight is 976 g/mol. The molecule has 5 nitrogen and oxygen atoms in total. The van der Waals surface area contributed by atoms with Crippen molar-refractivity contribution in [3.05, 3.63) is 180 Å². The van der Waals surface area contributed by atoms with E-state index in [-0.39, 0.29) is 37.2 Å². The summed E-state index contributed by atoms with van der Waals surface area (Å²) in [6.45, 7) is 4.64. The van der Waals surface area contributed by atoms with Crippen molar-refractivity contribution in [2.75, 3.05) is 0 Å². The Morgan fingerprint density at radius 1 is 0.639 bits per heavy atom. The SMILES string of the molecule is CC(C)c1cc2c(oc3ccccc32)c(C(C)C)c1-c1ccnc(-c2[c-]ccc3c2oc2c(-c4ccccc4)c(C#N)ccc23)c1.[2H]C([2H])([2H])c1c[c-]c(-c2ccc(C([2H])([2H])[2H])cn2)cc1.[Ir]. The van der Waals surface area contributed by atoms with E-state index in [0.29, 0.717) is 33.9 Å². The maximum Gasteiger partial charge on any atom is 0.139 e. The van der Waals surface area contributed by atoms with Crippen LogP contribution >= 0.6 is 0 Å². The number of rotatable bonds is 6. The molecule has 0 spiro atoms. The third-order valence-corrected chi connectivity index (χ3v) is 10.9. The molecule has 4 aromatic heterocycles. The molecule has 10 aromatic rings. The molecule has 0 saturated carbocycles. The summed E-state index contributed by atoms with van der Waals surface area (Å²) in [5.74, 6) is 0.516. The van der Waals surface area contributed by atoms with Gasteiger partial charge >= 0.3 is 0 Å². The van der Waals surface area contributed by atoms with E-state index in [0.717, 1.165) is 60.7 Å². The van der Waals surface area contributed by atoms with Crippen LogP contribution in [0.5, 0.6) is 0 Å². The van der Waals surface area contributed by atoms with Gasteiger partial charge < -0.3 is 18.8 Å². The number of pyridine rings is 2. The topological polar surface area (TPSA) is 75.8 Å². The fourth-order valence-corrected chi connectivity index (χ4v) is 8.07. The van der Waals surface area contributed by atoms with E-state index < -0.39 is 13.7 Å². The van der Waals surface area contributed by atoms with Crippen LogP contribution in [-0.4, -0.2) is 9.97 Å². The van der Waals surface area contributed by atoms with Crippen molar-refractivity contribution in [1.82, 2.24) is 9.97 Å². The van der Waals surface area contributed by atoms with E-state index in [1.807, 2.05) is 72.9 Å². The van der Waals surface area contributed by atoms with Gasteiger partial charge in [0.15, 0.2) is 0 Å². The van der Waals surface area contributed by atoms with Crippen LogP contribution in [0.25, 0.3) is 88.6 Å². The summed E-state index contributed by atoms with van der Waals surface area (Å²) < 4.78 is 56.9. The van der Waals surface area contributed by atoms with Gasteiger partial charge in [-0.1, -0.05) is 118 Å². The molecule has 0 saturated heterocycles. The molecule has 0 bridgehead atoms. The first-order valence-electron chi connectivity index (χ1n) is 22.9. The van der Waals surface area contributed by atoms with Crippen molar-refractivity contribution in [3.8, 4) is 50.8 Å². The maximum atomic E-state index is 10.0. The summed E-state index contributed by atoms with van der Waals surface area (Å²) in [6.07, 6.45) is 3.17. The Hall–Kier alpha value is -6.64. The quantitative estimate of drug-likeness (QED) is 0.155. The minimum Gasteiger partial charge on any atom is -0.500 e. The number of para-hydroxylation sites is 1. The average Bonchev–Trinajstić information content (AvgIpc) is 3.89. The van der Waals surface area contributed by atoms with Gasteiger partial charge in [0.05, 0.1) is 17.2 Å². The Bertz CT molecular complexity index is 3400. The van der Waals surface area contributed by atoms with Crippen molar-refractivity contribution in [1.29, 1.82) is 5.26 Å². The number of hydrogen-bond acceptors (Lipinski definition) is 5. The number of furan rings is 2. The summed E-state index contributed by atoms with van der Waals surface area (Å²) >= 11 is 0. The van der Waals surface area contributed by atoms with Crippen LogP contribution in [0.4, 0.5) is 0 Å². The molecular formula is C55H43IrN3O2-2. The summed E-state index contributed by atoms with van der Waals surface area (Å²) in [4.78, 5) is 8.92. The number of benzene rings is 6. The molecule has 1 radical (unpaired) electrons. The van der Waals surface area contributed by atoms with Crippen LogP contribution in [0.2, 0.25) is 0 Å². The molecule has 6 heteroatoms. The monoisotopic (exact) mass is 976 g/mol. The van der Waals surface area contributed by atoms with Crippen LogP contribution in [0, 0.1) is 37.2 Å². The van der Waals surface area contributed by atoms with E-state index in [4.69, 9.17) is 22.0 Å². The number of aryl methyl sites for hydroxylation is 2. The number of fused-ring (bicyclic) bond motifs is 6. The zero-order chi connectivity index (χ0) is 46.5. The van der Waals surface area contributed by atoms with Crippen molar-refractivity contribution < 1.29 is 37.2 Å². The molecule has 0 atom stereocenters. The number of hydrogen-bond donors (Lipinski definition) is 0. The van der Waals surface area contributed by atoms with Crippen LogP contribution in [-0.2, 0) is 20.1 Å². The standard InChI is InChI=1S/C42H31N2O2.C13H12N.Ir/c1-24(2)33-22-34-29-13-8-9-16-36(29)45-42(34)37(25(3)4)39(33)27-19-20-44-35(21-27)32-15-10-14-30-31-18-17-28(23-43)38(41(31)46-40(30)32)26-11-6-5-7-12-26;1-10-3-6-12(7-4-10)13-8-5-11(2)9-14-13;/h5-14,16-22,24-25H,1-4H3;3-6,8-9H,1-2H3;/q2*-1;/i;1D3,2D3;. The molecule has 10 rings (SSSR count). The second-order valence-electron chi connectivity index (χ2n) is 15.4. The number of nitriles is 1. The molecule has 0 amide bonds. The fraction of sp³-hybridized carbons (Fsp3) is 0.145. The van der Waals surface area contributed by atoms with E-state index >= 15 is 0 Å². The molecule has 0 aliphatic carbocycles. The second kappa shape index (κ2) is 17.1. The first-order valence-corrected chi connectivity index (χ1v) is 19.9. The van der Waals surface area contributed by atoms with E-state index in [1.165, 1.54) is 41.1 Å². The molecule has 0 fully saturated rings. The first-order chi connectivity index (χ1) is 31.6. The van der Waals surface area contributed by atoms with E-state index in [1.54, 1.807) is 12.1 Å². The molecule has 61 heavy (non-hydrogen) atoms. The van der Waals surface area contributed by atoms with Gasteiger partial charge in [-0.2, -0.15) is 5.26 Å². The molecule has 301 valence electrons. The van der Waals surface area contributed by atoms with Gasteiger partial charge in [0, 0.05) is 68.0 Å². The van der Waals surface area contributed by atoms with Crippen LogP contribution < -0.4 is 0 Å². The maximum absolute atomic E-state index is 10.0. The molecule has 0 aliphatic rings. The number of aromatic nitrogens is 2. The normalized spacial score (nSPS) is 13.1. The molecular weight excluding hydrogens is 927 g/mol. The van der Waals surface area contributed by atoms with Gasteiger partial charge in [0.2, 0.25) is 0 Å². The first kappa shape index (κ1) is 34.1. The fourth-order valence-electron chi connectivity index (χ4n) is 8.07. The van der Waals surface area contributed by atoms with Crippen LogP contribution in [0.3, 0.4) is 0 Å². The Balaban J connectivity index is 0.000000244. The summed E-state index contributed by atoms with van der Waals surface area (Å²) in [7, 11) is 0. The van der Waals surface area contributed by atoms with Crippen LogP contribution in [0.1, 0.15) is 75.6 Å². The summed E-state index contributed by atoms with van der Waals surface area (Å²) in [6, 6.07) is 48.9. The van der Waals surface area contributed by atoms with Gasteiger partial charge in [0.1, 0.15) is 16.7 Å². The number of nitrogens with zero attached hydrogens (tertiary/aromatic N) is 3. The molecule has 4 heterocycles. The molecule has 6 aromatic carbocycles. The van der Waals surface area contributed by atoms with Crippen molar-refractivity contribution in [3.63, 3.8) is 0 Å². The summed E-state index contributed by atoms with van der Waals surface area (Å²) in [5.41, 5.74) is 13.4. The third kappa shape index (κ3) is 7.68. The zero-order valence-corrected chi connectivity index (χ0v) is 36.3. The van der Waals surface area contributed by atoms with Crippen molar-refractivity contribution in [2.45, 2.75) is 53.2 Å². The van der Waals surface area contributed by atoms with Gasteiger partial charge in [0.25, 0.3) is 0 Å². The third-order valence-electron chi connectivity index (χ3n) is 10.9. The molecule has 0 aliphatic heterocycles. The summed E-state index contributed by atoms with van der Waals surface area (Å²) in [5, 5.41) is 14.2. The minimum absolute atomic E-state index is 0. The predicted molar refractivity (Wildman–Crippen MR) is 245 cm³/mol. The zero-order valence-electron chi connectivity index (χ0n) is 39.9. The second-order valence-corrected chi connectivity index (χ2v) is 15.4. The Morgan fingerprint density at radius 3 is 2.15 bits per heavy atom. The van der Waals surface area contributed by atoms with Crippen molar-refractivity contribution in [2.24, 2.45) is 0 Å². The Kier molecular flexibility index (Phi) is 9.59. The van der Waals surface area contributed by atoms with Gasteiger partial charge in [-0.25, -0.2) is 0 Å². The smallest absolute Gasteiger partial charge is 0.139 e. The van der Waals surface area contributed by atoms with E-state index in [2.05, 4.69) is 81.2 Å². The van der Waals surface area contributed by atoms with Gasteiger partial charge in [-0.3, -0.25) is 0 Å². The Morgan fingerprint density at radius 2 is 1.43 bits per heavy atom. The minimum atomic E-state index is -2.18. The molecule has 0 unspecified atom stereocenters. The largest absolute Gasteiger partial charge is 0.500 e. The predicted octanol–water partition coefficient (Wildman–Crippen LogP) is 15.0. The van der Waals surface area contributed by atoms with Gasteiger partial charge in [-0.05, 0) is 82.2 Å². The van der Waals surface area contributed by atoms with Crippen molar-refractivity contribution >= 4 is 43.9 Å².